The van der Waals surface area contributed by atoms with Gasteiger partial charge in [-0.05, 0) is 146 Å². The lowest BCUT2D eigenvalue weighted by Gasteiger charge is -2.43. The van der Waals surface area contributed by atoms with Gasteiger partial charge in [0.1, 0.15) is 5.58 Å². The second kappa shape index (κ2) is 12.8. The summed E-state index contributed by atoms with van der Waals surface area (Å²) in [5.41, 5.74) is 21.0. The van der Waals surface area contributed by atoms with Crippen LogP contribution < -0.4 is 26.4 Å². The molecule has 4 heteroatoms. The minimum atomic E-state index is -0.0942. The molecule has 59 heavy (non-hydrogen) atoms. The fraction of sp³-hybridized carbons (Fsp3) is 0.309. The maximum absolute atomic E-state index is 7.46. The molecule has 10 rings (SSSR count). The van der Waals surface area contributed by atoms with Crippen molar-refractivity contribution >= 4 is 68.4 Å². The number of anilines is 6. The SMILES string of the molecule is Cc1cc2c3c(c1)N(c1ccc(C(C)(C)C)cc1)c1c(oc4cc5c(cc14)C(C)(C)CCC5(C)C)B3c1cc(C(C)(C)C)ccc1N2c1ccc(-c2ccccc2)cc1. The Morgan fingerprint density at radius 2 is 1.10 bits per heavy atom. The van der Waals surface area contributed by atoms with Crippen molar-refractivity contribution in [2.24, 2.45) is 0 Å². The molecule has 0 saturated carbocycles. The first-order chi connectivity index (χ1) is 27.9. The van der Waals surface area contributed by atoms with Gasteiger partial charge in [-0.15, -0.1) is 0 Å². The summed E-state index contributed by atoms with van der Waals surface area (Å²) in [7, 11) is 0. The van der Waals surface area contributed by atoms with E-state index >= 15 is 0 Å². The molecule has 3 aliphatic rings. The summed E-state index contributed by atoms with van der Waals surface area (Å²) < 4.78 is 7.46. The molecular weight excluding hydrogens is 715 g/mol. The maximum Gasteiger partial charge on any atom is 0.297 e. The molecule has 0 N–H and O–H groups in total. The second-order valence-electron chi connectivity index (χ2n) is 21.0. The van der Waals surface area contributed by atoms with E-state index in [1.807, 2.05) is 0 Å². The second-order valence-corrected chi connectivity index (χ2v) is 21.0. The van der Waals surface area contributed by atoms with E-state index in [1.54, 1.807) is 0 Å². The van der Waals surface area contributed by atoms with Gasteiger partial charge in [0, 0.05) is 33.8 Å². The van der Waals surface area contributed by atoms with Crippen molar-refractivity contribution in [3.63, 3.8) is 0 Å². The number of hydrogen-bond acceptors (Lipinski definition) is 3. The Morgan fingerprint density at radius 1 is 0.559 bits per heavy atom. The van der Waals surface area contributed by atoms with Crippen LogP contribution >= 0.6 is 0 Å². The summed E-state index contributed by atoms with van der Waals surface area (Å²) in [5.74, 6) is 0. The zero-order valence-electron chi connectivity index (χ0n) is 36.8. The molecule has 1 aromatic heterocycles. The third kappa shape index (κ3) is 5.92. The van der Waals surface area contributed by atoms with E-state index < -0.39 is 0 Å². The quantitative estimate of drug-likeness (QED) is 0.167. The molecule has 0 bridgehead atoms. The predicted molar refractivity (Wildman–Crippen MR) is 253 cm³/mol. The van der Waals surface area contributed by atoms with Gasteiger partial charge in [0.2, 0.25) is 0 Å². The zero-order chi connectivity index (χ0) is 41.4. The molecule has 296 valence electrons. The highest BCUT2D eigenvalue weighted by atomic mass is 16.3. The van der Waals surface area contributed by atoms with Crippen LogP contribution in [0.15, 0.2) is 126 Å². The molecular formula is C55H57BN2O. The molecule has 0 saturated heterocycles. The Kier molecular flexibility index (Phi) is 8.17. The van der Waals surface area contributed by atoms with Crippen LogP contribution in [0.3, 0.4) is 0 Å². The summed E-state index contributed by atoms with van der Waals surface area (Å²) in [5, 5.41) is 1.20. The lowest BCUT2D eigenvalue weighted by Crippen LogP contribution is -2.61. The Morgan fingerprint density at radius 3 is 1.73 bits per heavy atom. The van der Waals surface area contributed by atoms with Gasteiger partial charge in [0.25, 0.3) is 6.71 Å². The average molecular weight is 773 g/mol. The number of nitrogens with zero attached hydrogens (tertiary/aromatic N) is 2. The number of fused-ring (bicyclic) bond motifs is 7. The van der Waals surface area contributed by atoms with Crippen LogP contribution in [0.2, 0.25) is 0 Å². The fourth-order valence-electron chi connectivity index (χ4n) is 10.2. The van der Waals surface area contributed by atoms with Gasteiger partial charge in [-0.1, -0.05) is 136 Å². The topological polar surface area (TPSA) is 19.6 Å². The monoisotopic (exact) mass is 772 g/mol. The van der Waals surface area contributed by atoms with Gasteiger partial charge < -0.3 is 14.2 Å². The van der Waals surface area contributed by atoms with E-state index in [-0.39, 0.29) is 28.4 Å². The summed E-state index contributed by atoms with van der Waals surface area (Å²) in [6.07, 6.45) is 2.32. The molecule has 0 unspecified atom stereocenters. The highest BCUT2D eigenvalue weighted by Crippen LogP contribution is 2.52. The minimum absolute atomic E-state index is 0.0317. The summed E-state index contributed by atoms with van der Waals surface area (Å²) in [6.45, 7) is 25.7. The van der Waals surface area contributed by atoms with Crippen molar-refractivity contribution in [1.82, 2.24) is 0 Å². The molecule has 3 nitrogen and oxygen atoms in total. The van der Waals surface area contributed by atoms with Crippen LogP contribution in [0.4, 0.5) is 34.1 Å². The van der Waals surface area contributed by atoms with E-state index in [9.17, 15) is 0 Å². The molecule has 0 fully saturated rings. The molecule has 0 amide bonds. The van der Waals surface area contributed by atoms with Gasteiger partial charge in [-0.25, -0.2) is 0 Å². The Balaban J connectivity index is 1.29. The van der Waals surface area contributed by atoms with E-state index in [0.717, 1.165) is 35.5 Å². The zero-order valence-corrected chi connectivity index (χ0v) is 36.8. The van der Waals surface area contributed by atoms with Gasteiger partial charge in [-0.2, -0.15) is 0 Å². The Bertz CT molecular complexity index is 2790. The van der Waals surface area contributed by atoms with Crippen LogP contribution in [0.5, 0.6) is 0 Å². The standard InChI is InChI=1S/C55H57BN2O/c1-34-29-46-49-47(30-34)58(40-24-19-37(20-25-40)52(2,3)4)50-41-32-42-43(55(10,11)28-27-54(42,8)9)33-48(41)59-51(50)56(49)44-31-38(53(5,6)7)21-26-45(44)57(46)39-22-17-36(18-23-39)35-15-13-12-14-16-35/h12-26,29-33H,27-28H2,1-11H3. The van der Waals surface area contributed by atoms with Gasteiger partial charge in [0.15, 0.2) is 0 Å². The smallest absolute Gasteiger partial charge is 0.297 e. The van der Waals surface area contributed by atoms with Crippen LogP contribution in [-0.4, -0.2) is 6.71 Å². The highest BCUT2D eigenvalue weighted by Gasteiger charge is 2.48. The maximum atomic E-state index is 7.46. The number of benzene rings is 6. The van der Waals surface area contributed by atoms with Crippen LogP contribution in [-0.2, 0) is 21.7 Å². The number of furan rings is 1. The molecule has 3 heterocycles. The van der Waals surface area contributed by atoms with Gasteiger partial charge >= 0.3 is 0 Å². The van der Waals surface area contributed by atoms with Crippen molar-refractivity contribution in [2.45, 2.75) is 111 Å². The minimum Gasteiger partial charge on any atom is -0.468 e. The van der Waals surface area contributed by atoms with Crippen molar-refractivity contribution in [2.75, 3.05) is 9.80 Å². The molecule has 0 spiro atoms. The number of hydrogen-bond donors (Lipinski definition) is 0. The van der Waals surface area contributed by atoms with Crippen molar-refractivity contribution in [1.29, 1.82) is 0 Å². The first-order valence-electron chi connectivity index (χ1n) is 21.7. The number of rotatable bonds is 3. The van der Waals surface area contributed by atoms with E-state index in [1.165, 1.54) is 78.0 Å². The fourth-order valence-corrected chi connectivity index (χ4v) is 10.2. The predicted octanol–water partition coefficient (Wildman–Crippen LogP) is 13.4. The van der Waals surface area contributed by atoms with E-state index in [4.69, 9.17) is 4.42 Å². The lowest BCUT2D eigenvalue weighted by atomic mass is 9.35. The molecule has 7 aromatic rings. The molecule has 2 aliphatic heterocycles. The molecule has 0 atom stereocenters. The van der Waals surface area contributed by atoms with Gasteiger partial charge in [0.05, 0.1) is 11.3 Å². The highest BCUT2D eigenvalue weighted by molar-refractivity contribution is 7.00. The van der Waals surface area contributed by atoms with Crippen LogP contribution in [0, 0.1) is 6.92 Å². The van der Waals surface area contributed by atoms with Crippen molar-refractivity contribution < 1.29 is 4.42 Å². The van der Waals surface area contributed by atoms with Gasteiger partial charge in [-0.3, -0.25) is 0 Å². The van der Waals surface area contributed by atoms with E-state index in [2.05, 4.69) is 207 Å². The average Bonchev–Trinajstić information content (AvgIpc) is 3.57. The molecule has 0 radical (unpaired) electrons. The van der Waals surface area contributed by atoms with Crippen LogP contribution in [0.25, 0.3) is 22.1 Å². The first-order valence-corrected chi connectivity index (χ1v) is 21.7. The van der Waals surface area contributed by atoms with Crippen LogP contribution in [0.1, 0.15) is 110 Å². The molecule has 1 aliphatic carbocycles. The largest absolute Gasteiger partial charge is 0.468 e. The lowest BCUT2D eigenvalue weighted by molar-refractivity contribution is 0.332. The van der Waals surface area contributed by atoms with Crippen molar-refractivity contribution in [3.05, 3.63) is 149 Å². The van der Waals surface area contributed by atoms with Crippen molar-refractivity contribution in [3.8, 4) is 11.1 Å². The normalized spacial score (nSPS) is 16.4. The first kappa shape index (κ1) is 37.8. The summed E-state index contributed by atoms with van der Waals surface area (Å²) in [6, 6.07) is 46.1. The summed E-state index contributed by atoms with van der Waals surface area (Å²) >= 11 is 0. The molecule has 6 aromatic carbocycles. The Hall–Kier alpha value is -5.48. The van der Waals surface area contributed by atoms with E-state index in [0.29, 0.717) is 0 Å². The Labute approximate surface area is 352 Å². The number of aryl methyl sites for hydroxylation is 1. The summed E-state index contributed by atoms with van der Waals surface area (Å²) in [4.78, 5) is 5.05. The third-order valence-corrected chi connectivity index (χ3v) is 13.9. The third-order valence-electron chi connectivity index (χ3n) is 13.9.